The number of ether oxygens (including phenoxy) is 2. The quantitative estimate of drug-likeness (QED) is 0.162. The van der Waals surface area contributed by atoms with Crippen LogP contribution < -0.4 is 15.5 Å². The summed E-state index contributed by atoms with van der Waals surface area (Å²) in [4.78, 5) is 28.5. The molecule has 0 unspecified atom stereocenters. The zero-order chi connectivity index (χ0) is 35.8. The molecule has 4 atom stereocenters. The number of urea groups is 1. The van der Waals surface area contributed by atoms with Crippen molar-refractivity contribution in [3.05, 3.63) is 105 Å². The SMILES string of the molecule is C[C@@H]1[C@H](CN2CCN(c3ccc([N+](=O)[O-])cc3)CC2)O[C@H](c2ccc(CNC(=O)NC34CC5CC(CC(C5)C3)C4)cc2)O[C@@H]1c1ccc(CO)cc1. The third kappa shape index (κ3) is 7.55. The van der Waals surface area contributed by atoms with E-state index in [0.717, 1.165) is 97.7 Å². The zero-order valence-corrected chi connectivity index (χ0v) is 30.0. The molecule has 4 aliphatic carbocycles. The molecule has 2 amide bonds. The molecule has 11 heteroatoms. The monoisotopic (exact) mass is 709 g/mol. The first kappa shape index (κ1) is 35.0. The third-order valence-electron chi connectivity index (χ3n) is 12.5. The van der Waals surface area contributed by atoms with Gasteiger partial charge in [0.1, 0.15) is 0 Å². The molecule has 2 heterocycles. The van der Waals surface area contributed by atoms with Crippen molar-refractivity contribution >= 4 is 17.4 Å². The van der Waals surface area contributed by atoms with Crippen LogP contribution in [0, 0.1) is 33.8 Å². The van der Waals surface area contributed by atoms with Gasteiger partial charge in [-0.25, -0.2) is 4.79 Å². The van der Waals surface area contributed by atoms with E-state index in [2.05, 4.69) is 27.4 Å². The summed E-state index contributed by atoms with van der Waals surface area (Å²) >= 11 is 0. The first-order valence-electron chi connectivity index (χ1n) is 19.1. The van der Waals surface area contributed by atoms with Gasteiger partial charge in [0.05, 0.1) is 23.7 Å². The van der Waals surface area contributed by atoms with Crippen LogP contribution in [0.1, 0.15) is 80.1 Å². The molecule has 11 nitrogen and oxygen atoms in total. The second-order valence-electron chi connectivity index (χ2n) is 16.1. The summed E-state index contributed by atoms with van der Waals surface area (Å²) in [7, 11) is 0. The Morgan fingerprint density at radius 2 is 1.44 bits per heavy atom. The van der Waals surface area contributed by atoms with Gasteiger partial charge in [-0.3, -0.25) is 15.0 Å². The number of hydrogen-bond donors (Lipinski definition) is 3. The highest BCUT2D eigenvalue weighted by atomic mass is 16.7. The number of aliphatic hydroxyl groups is 1. The summed E-state index contributed by atoms with van der Waals surface area (Å²) in [5, 5.41) is 27.3. The van der Waals surface area contributed by atoms with Crippen molar-refractivity contribution in [2.75, 3.05) is 37.6 Å². The molecule has 9 rings (SSSR count). The van der Waals surface area contributed by atoms with Gasteiger partial charge in [0.15, 0.2) is 6.29 Å². The lowest BCUT2D eigenvalue weighted by atomic mass is 9.53. The number of anilines is 1. The fourth-order valence-corrected chi connectivity index (χ4v) is 10.1. The summed E-state index contributed by atoms with van der Waals surface area (Å²) in [5.41, 5.74) is 4.95. The molecule has 3 aromatic rings. The van der Waals surface area contributed by atoms with Gasteiger partial charge in [-0.2, -0.15) is 0 Å². The minimum atomic E-state index is -0.563. The van der Waals surface area contributed by atoms with Gasteiger partial charge in [-0.15, -0.1) is 0 Å². The topological polar surface area (TPSA) is 129 Å². The third-order valence-corrected chi connectivity index (χ3v) is 12.5. The molecule has 2 aliphatic heterocycles. The normalized spacial score (nSPS) is 31.3. The number of carbonyl (C=O) groups is 1. The number of hydrogen-bond acceptors (Lipinski definition) is 8. The summed E-state index contributed by atoms with van der Waals surface area (Å²) in [6.45, 7) is 6.72. The average Bonchev–Trinajstić information content (AvgIpc) is 3.15. The lowest BCUT2D eigenvalue weighted by molar-refractivity contribution is -0.384. The van der Waals surface area contributed by atoms with E-state index in [1.54, 1.807) is 12.1 Å². The van der Waals surface area contributed by atoms with Gasteiger partial charge in [0, 0.05) is 74.1 Å². The van der Waals surface area contributed by atoms with E-state index in [1.807, 2.05) is 60.7 Å². The molecule has 0 radical (unpaired) electrons. The highest BCUT2D eigenvalue weighted by molar-refractivity contribution is 5.75. The number of nitro benzene ring substituents is 1. The maximum absolute atomic E-state index is 13.1. The fraction of sp³-hybridized carbons (Fsp3) is 0.537. The van der Waals surface area contributed by atoms with Gasteiger partial charge in [-0.05, 0) is 85.1 Å². The summed E-state index contributed by atoms with van der Waals surface area (Å²) < 4.78 is 13.4. The van der Waals surface area contributed by atoms with E-state index < -0.39 is 6.29 Å². The second-order valence-corrected chi connectivity index (χ2v) is 16.1. The molecular formula is C41H51N5O6. The predicted octanol–water partition coefficient (Wildman–Crippen LogP) is 6.47. The molecule has 6 fully saturated rings. The maximum Gasteiger partial charge on any atom is 0.315 e. The maximum atomic E-state index is 13.1. The number of non-ortho nitro benzene ring substituents is 1. The minimum Gasteiger partial charge on any atom is -0.392 e. The van der Waals surface area contributed by atoms with Crippen LogP contribution >= 0.6 is 0 Å². The number of nitrogens with zero attached hydrogens (tertiary/aromatic N) is 3. The van der Waals surface area contributed by atoms with E-state index in [-0.39, 0.29) is 46.9 Å². The average molecular weight is 710 g/mol. The Labute approximate surface area is 305 Å². The highest BCUT2D eigenvalue weighted by Crippen LogP contribution is 2.55. The standard InChI is InChI=1S/C41H51N5O6/c1-27-37(25-44-14-16-45(17-15-44)35-10-12-36(13-11-35)46(49)50)51-39(52-38(27)33-6-4-29(26-47)5-7-33)34-8-2-28(3-9-34)24-42-40(48)43-41-21-30-18-31(22-41)20-32(19-30)23-41/h2-13,27,30-32,37-39,47H,14-26H2,1H3,(H2,42,43,48)/t27-,30?,31?,32?,37+,38+,39+,41?/m1/s1. The Balaban J connectivity index is 0.905. The minimum absolute atomic E-state index is 0.00724. The number of nitro groups is 1. The molecule has 3 aromatic carbocycles. The van der Waals surface area contributed by atoms with E-state index in [0.29, 0.717) is 6.54 Å². The number of carbonyl (C=O) groups excluding carboxylic acids is 1. The molecule has 0 spiro atoms. The fourth-order valence-electron chi connectivity index (χ4n) is 10.1. The Morgan fingerprint density at radius 3 is 2.04 bits per heavy atom. The number of rotatable bonds is 10. The van der Waals surface area contributed by atoms with Gasteiger partial charge in [0.2, 0.25) is 0 Å². The van der Waals surface area contributed by atoms with Crippen molar-refractivity contribution in [3.63, 3.8) is 0 Å². The van der Waals surface area contributed by atoms with Crippen molar-refractivity contribution in [1.82, 2.24) is 15.5 Å². The number of amides is 2. The van der Waals surface area contributed by atoms with Gasteiger partial charge < -0.3 is 30.1 Å². The molecule has 276 valence electrons. The van der Waals surface area contributed by atoms with Crippen molar-refractivity contribution in [1.29, 1.82) is 0 Å². The molecule has 2 saturated heterocycles. The molecule has 52 heavy (non-hydrogen) atoms. The molecular weight excluding hydrogens is 658 g/mol. The van der Waals surface area contributed by atoms with Crippen LogP contribution in [0.3, 0.4) is 0 Å². The zero-order valence-electron chi connectivity index (χ0n) is 30.0. The van der Waals surface area contributed by atoms with Crippen molar-refractivity contribution in [2.45, 2.75) is 82.6 Å². The molecule has 6 aliphatic rings. The largest absolute Gasteiger partial charge is 0.392 e. The van der Waals surface area contributed by atoms with Crippen LogP contribution in [0.15, 0.2) is 72.8 Å². The van der Waals surface area contributed by atoms with Gasteiger partial charge in [0.25, 0.3) is 5.69 Å². The van der Waals surface area contributed by atoms with Crippen molar-refractivity contribution < 1.29 is 24.3 Å². The molecule has 3 N–H and O–H groups in total. The summed E-state index contributed by atoms with van der Waals surface area (Å²) in [6.07, 6.45) is 6.59. The molecule has 4 bridgehead atoms. The van der Waals surface area contributed by atoms with Crippen LogP contribution in [0.4, 0.5) is 16.2 Å². The first-order valence-corrected chi connectivity index (χ1v) is 19.1. The lowest BCUT2D eigenvalue weighted by Gasteiger charge is -2.56. The van der Waals surface area contributed by atoms with E-state index in [4.69, 9.17) is 9.47 Å². The van der Waals surface area contributed by atoms with Crippen LogP contribution in [0.2, 0.25) is 0 Å². The molecule has 4 saturated carbocycles. The van der Waals surface area contributed by atoms with E-state index >= 15 is 0 Å². The van der Waals surface area contributed by atoms with Crippen LogP contribution in [0.5, 0.6) is 0 Å². The van der Waals surface area contributed by atoms with Gasteiger partial charge in [-0.1, -0.05) is 55.5 Å². The number of aliphatic hydroxyl groups excluding tert-OH is 1. The van der Waals surface area contributed by atoms with Crippen LogP contribution in [-0.4, -0.2) is 65.3 Å². The number of nitrogens with one attached hydrogen (secondary N) is 2. The van der Waals surface area contributed by atoms with Crippen molar-refractivity contribution in [2.24, 2.45) is 23.7 Å². The Kier molecular flexibility index (Phi) is 9.95. The summed E-state index contributed by atoms with van der Waals surface area (Å²) in [5.74, 6) is 2.42. The number of benzene rings is 3. The highest BCUT2D eigenvalue weighted by Gasteiger charge is 2.51. The predicted molar refractivity (Wildman–Crippen MR) is 197 cm³/mol. The Morgan fingerprint density at radius 1 is 0.846 bits per heavy atom. The van der Waals surface area contributed by atoms with E-state index in [9.17, 15) is 20.0 Å². The Bertz CT molecular complexity index is 1670. The number of piperazine rings is 1. The second kappa shape index (κ2) is 14.8. The first-order chi connectivity index (χ1) is 25.2. The van der Waals surface area contributed by atoms with Crippen LogP contribution in [-0.2, 0) is 22.6 Å². The lowest BCUT2D eigenvalue weighted by Crippen LogP contribution is -2.61. The van der Waals surface area contributed by atoms with Gasteiger partial charge >= 0.3 is 6.03 Å². The summed E-state index contributed by atoms with van der Waals surface area (Å²) in [6, 6.07) is 22.9. The van der Waals surface area contributed by atoms with Crippen LogP contribution in [0.25, 0.3) is 0 Å². The smallest absolute Gasteiger partial charge is 0.315 e. The molecule has 0 aromatic heterocycles. The van der Waals surface area contributed by atoms with Crippen molar-refractivity contribution in [3.8, 4) is 0 Å². The van der Waals surface area contributed by atoms with E-state index in [1.165, 1.54) is 19.3 Å². The Hall–Kier alpha value is -4.03.